The van der Waals surface area contributed by atoms with Gasteiger partial charge in [0.2, 0.25) is 0 Å². The van der Waals surface area contributed by atoms with Crippen molar-refractivity contribution in [3.8, 4) is 0 Å². The van der Waals surface area contributed by atoms with Gasteiger partial charge in [0.1, 0.15) is 13.2 Å². The number of carbonyl (C=O) groups excluding carboxylic acids is 3. The lowest BCUT2D eigenvalue weighted by molar-refractivity contribution is -0.167. The molecule has 0 saturated carbocycles. The number of esters is 3. The highest BCUT2D eigenvalue weighted by atomic mass is 16.6. The molecule has 0 bridgehead atoms. The zero-order chi connectivity index (χ0) is 56.4. The van der Waals surface area contributed by atoms with Crippen LogP contribution < -0.4 is 0 Å². The van der Waals surface area contributed by atoms with E-state index in [1.807, 2.05) is 0 Å². The van der Waals surface area contributed by atoms with E-state index < -0.39 is 6.10 Å². The lowest BCUT2D eigenvalue weighted by Gasteiger charge is -2.18. The fraction of sp³-hybridized carbons (Fsp3) is 0.708. The Kier molecular flexibility index (Phi) is 62.3. The van der Waals surface area contributed by atoms with Crippen LogP contribution in [0.15, 0.2) is 109 Å². The Hall–Kier alpha value is -3.93. The van der Waals surface area contributed by atoms with Gasteiger partial charge in [-0.25, -0.2) is 0 Å². The number of hydrogen-bond acceptors (Lipinski definition) is 6. The fourth-order valence-corrected chi connectivity index (χ4v) is 9.17. The van der Waals surface area contributed by atoms with Crippen molar-refractivity contribution in [2.24, 2.45) is 0 Å². The predicted molar refractivity (Wildman–Crippen MR) is 339 cm³/mol. The average molecular weight is 1080 g/mol. The summed E-state index contributed by atoms with van der Waals surface area (Å²) in [6, 6.07) is 0. The molecule has 0 saturated heterocycles. The van der Waals surface area contributed by atoms with E-state index in [1.54, 1.807) is 0 Å². The molecule has 0 rings (SSSR count). The molecule has 0 spiro atoms. The van der Waals surface area contributed by atoms with Gasteiger partial charge in [0.05, 0.1) is 0 Å². The number of hydrogen-bond donors (Lipinski definition) is 0. The molecule has 0 radical (unpaired) electrons. The standard InChI is InChI=1S/C72H122O6/c1-4-7-10-13-16-19-22-25-28-31-32-33-34-35-36-37-38-39-40-42-44-47-50-53-56-59-62-65-71(74)77-68-69(67-76-70(73)64-61-58-55-52-49-46-43-30-27-24-21-18-15-12-9-6-3)78-72(75)66-63-60-57-54-51-48-45-41-29-26-23-20-17-14-11-8-5-2/h7-8,10-11,16-17,19-20,25-26,28-29,32-33,35-36,45,48,69H,4-6,9,12-15,18,21-24,27,30-31,34,37-44,46-47,49-68H2,1-3H3/b10-7-,11-8-,19-16-,20-17-,28-25-,29-26-,33-32-,36-35-,48-45-. The van der Waals surface area contributed by atoms with Gasteiger partial charge >= 0.3 is 17.9 Å². The summed E-state index contributed by atoms with van der Waals surface area (Å²) in [5.41, 5.74) is 0. The van der Waals surface area contributed by atoms with E-state index in [0.29, 0.717) is 19.3 Å². The van der Waals surface area contributed by atoms with Gasteiger partial charge in [-0.05, 0) is 103 Å². The normalized spacial score (nSPS) is 12.8. The second kappa shape index (κ2) is 65.6. The minimum Gasteiger partial charge on any atom is -0.462 e. The molecular weight excluding hydrogens is 961 g/mol. The number of unbranched alkanes of at least 4 members (excludes halogenated alkanes) is 30. The Balaban J connectivity index is 4.35. The first-order valence-electron chi connectivity index (χ1n) is 32.9. The fourth-order valence-electron chi connectivity index (χ4n) is 9.17. The molecule has 0 aromatic heterocycles. The summed E-state index contributed by atoms with van der Waals surface area (Å²) in [6.45, 7) is 6.42. The highest BCUT2D eigenvalue weighted by Crippen LogP contribution is 2.17. The molecule has 0 N–H and O–H groups in total. The Morgan fingerprint density at radius 2 is 0.500 bits per heavy atom. The maximum Gasteiger partial charge on any atom is 0.306 e. The minimum absolute atomic E-state index is 0.0866. The van der Waals surface area contributed by atoms with Gasteiger partial charge in [0.15, 0.2) is 6.10 Å². The zero-order valence-electron chi connectivity index (χ0n) is 51.2. The van der Waals surface area contributed by atoms with Crippen molar-refractivity contribution in [3.05, 3.63) is 109 Å². The monoisotopic (exact) mass is 1080 g/mol. The molecule has 0 aromatic rings. The third-order valence-corrected chi connectivity index (χ3v) is 14.0. The Morgan fingerprint density at radius 3 is 0.782 bits per heavy atom. The molecule has 6 heteroatoms. The van der Waals surface area contributed by atoms with Crippen LogP contribution in [0.4, 0.5) is 0 Å². The maximum absolute atomic E-state index is 12.9. The van der Waals surface area contributed by atoms with Gasteiger partial charge in [-0.1, -0.05) is 297 Å². The van der Waals surface area contributed by atoms with Gasteiger partial charge in [0.25, 0.3) is 0 Å². The first kappa shape index (κ1) is 74.1. The highest BCUT2D eigenvalue weighted by Gasteiger charge is 2.19. The molecule has 0 fully saturated rings. The number of ether oxygens (including phenoxy) is 3. The van der Waals surface area contributed by atoms with Crippen LogP contribution in [0.3, 0.4) is 0 Å². The van der Waals surface area contributed by atoms with E-state index >= 15 is 0 Å². The second-order valence-corrected chi connectivity index (χ2v) is 21.6. The second-order valence-electron chi connectivity index (χ2n) is 21.6. The van der Waals surface area contributed by atoms with Crippen molar-refractivity contribution in [2.45, 2.75) is 316 Å². The van der Waals surface area contributed by atoms with E-state index in [9.17, 15) is 14.4 Å². The summed E-state index contributed by atoms with van der Waals surface area (Å²) in [5, 5.41) is 0. The first-order valence-corrected chi connectivity index (χ1v) is 32.9. The van der Waals surface area contributed by atoms with Crippen molar-refractivity contribution in [1.29, 1.82) is 0 Å². The van der Waals surface area contributed by atoms with Gasteiger partial charge < -0.3 is 14.2 Å². The van der Waals surface area contributed by atoms with E-state index in [1.165, 1.54) is 141 Å². The number of allylic oxidation sites excluding steroid dienone is 18. The quantitative estimate of drug-likeness (QED) is 0.0261. The van der Waals surface area contributed by atoms with Crippen LogP contribution in [0, 0.1) is 0 Å². The molecule has 0 aliphatic carbocycles. The molecule has 1 unspecified atom stereocenters. The van der Waals surface area contributed by atoms with Crippen molar-refractivity contribution in [3.63, 3.8) is 0 Å². The molecule has 78 heavy (non-hydrogen) atoms. The largest absolute Gasteiger partial charge is 0.462 e. The summed E-state index contributed by atoms with van der Waals surface area (Å²) in [5.74, 6) is -0.903. The van der Waals surface area contributed by atoms with Crippen LogP contribution in [0.25, 0.3) is 0 Å². The molecule has 446 valence electrons. The summed E-state index contributed by atoms with van der Waals surface area (Å²) in [6.07, 6.45) is 89.5. The molecule has 0 aliphatic rings. The molecule has 0 amide bonds. The van der Waals surface area contributed by atoms with Crippen molar-refractivity contribution >= 4 is 17.9 Å². The summed E-state index contributed by atoms with van der Waals surface area (Å²) in [4.78, 5) is 38.4. The average Bonchev–Trinajstić information content (AvgIpc) is 3.44. The first-order chi connectivity index (χ1) is 38.5. The lowest BCUT2D eigenvalue weighted by Crippen LogP contribution is -2.30. The molecule has 6 nitrogen and oxygen atoms in total. The Morgan fingerprint density at radius 1 is 0.269 bits per heavy atom. The van der Waals surface area contributed by atoms with Crippen molar-refractivity contribution in [2.75, 3.05) is 13.2 Å². The van der Waals surface area contributed by atoms with Gasteiger partial charge in [-0.2, -0.15) is 0 Å². The van der Waals surface area contributed by atoms with Gasteiger partial charge in [-0.3, -0.25) is 14.4 Å². The molecule has 0 heterocycles. The van der Waals surface area contributed by atoms with Crippen LogP contribution >= 0.6 is 0 Å². The number of carbonyl (C=O) groups is 3. The van der Waals surface area contributed by atoms with Gasteiger partial charge in [-0.15, -0.1) is 0 Å². The van der Waals surface area contributed by atoms with Crippen LogP contribution in [-0.2, 0) is 28.6 Å². The molecular formula is C72H122O6. The smallest absolute Gasteiger partial charge is 0.306 e. The van der Waals surface area contributed by atoms with Crippen LogP contribution in [-0.4, -0.2) is 37.2 Å². The molecule has 0 aromatic carbocycles. The van der Waals surface area contributed by atoms with E-state index in [0.717, 1.165) is 128 Å². The third-order valence-electron chi connectivity index (χ3n) is 14.0. The minimum atomic E-state index is -0.793. The third kappa shape index (κ3) is 62.9. The van der Waals surface area contributed by atoms with E-state index in [-0.39, 0.29) is 31.1 Å². The van der Waals surface area contributed by atoms with Crippen LogP contribution in [0.5, 0.6) is 0 Å². The van der Waals surface area contributed by atoms with Gasteiger partial charge in [0, 0.05) is 19.3 Å². The zero-order valence-corrected chi connectivity index (χ0v) is 51.2. The maximum atomic E-state index is 12.9. The van der Waals surface area contributed by atoms with E-state index in [4.69, 9.17) is 14.2 Å². The summed E-state index contributed by atoms with van der Waals surface area (Å²) < 4.78 is 16.9. The topological polar surface area (TPSA) is 78.9 Å². The number of rotatable bonds is 59. The lowest BCUT2D eigenvalue weighted by atomic mass is 10.0. The van der Waals surface area contributed by atoms with Crippen molar-refractivity contribution < 1.29 is 28.6 Å². The van der Waals surface area contributed by atoms with E-state index in [2.05, 4.69) is 130 Å². The molecule has 0 aliphatic heterocycles. The summed E-state index contributed by atoms with van der Waals surface area (Å²) >= 11 is 0. The molecule has 1 atom stereocenters. The van der Waals surface area contributed by atoms with Crippen LogP contribution in [0.2, 0.25) is 0 Å². The summed E-state index contributed by atoms with van der Waals surface area (Å²) in [7, 11) is 0. The Bertz CT molecular complexity index is 1570. The predicted octanol–water partition coefficient (Wildman–Crippen LogP) is 22.6. The highest BCUT2D eigenvalue weighted by molar-refractivity contribution is 5.71. The van der Waals surface area contributed by atoms with Crippen LogP contribution in [0.1, 0.15) is 310 Å². The Labute approximate surface area is 482 Å². The van der Waals surface area contributed by atoms with Crippen molar-refractivity contribution in [1.82, 2.24) is 0 Å². The SMILES string of the molecule is CC/C=C\C/C=C\C/C=C\C/C=C\C/C=C\CCCCCCCCCCCCCC(=O)OCC(COC(=O)CCCCCCCCCCCCCCCCCC)OC(=O)CCCCCC/C=C\C/C=C\C/C=C\C/C=C\CC.